The molecule has 0 bridgehead atoms. The molecule has 0 aliphatic rings. The van der Waals surface area contributed by atoms with Crippen LogP contribution >= 0.6 is 11.8 Å². The fraction of sp³-hybridized carbons (Fsp3) is 0.0714. The summed E-state index contributed by atoms with van der Waals surface area (Å²) in [5.41, 5.74) is 2.62. The van der Waals surface area contributed by atoms with Crippen molar-refractivity contribution in [3.8, 4) is 0 Å². The van der Waals surface area contributed by atoms with Crippen LogP contribution in [0.2, 0.25) is 0 Å². The van der Waals surface area contributed by atoms with Crippen molar-refractivity contribution in [2.45, 2.75) is 5.25 Å². The van der Waals surface area contributed by atoms with Crippen LogP contribution in [-0.4, -0.2) is 0 Å². The normalized spacial score (nSPS) is 9.88. The van der Waals surface area contributed by atoms with Crippen LogP contribution in [-0.2, 0) is 32.7 Å². The summed E-state index contributed by atoms with van der Waals surface area (Å²) in [5, 5.41) is 0.340. The molecule has 0 aliphatic carbocycles. The van der Waals surface area contributed by atoms with E-state index in [0.717, 1.165) is 0 Å². The van der Waals surface area contributed by atoms with Crippen molar-refractivity contribution < 1.29 is 32.7 Å². The standard InChI is InChI=1S/C14H13S.Y/c1-15-14(12-8-4-2-5-9-12)13-10-6-3-7-11-13;/h2-11,14H,1H2;/q-1;. The average molecular weight is 302 g/mol. The molecule has 0 atom stereocenters. The minimum absolute atomic E-state index is 0. The van der Waals surface area contributed by atoms with E-state index >= 15 is 0 Å². The van der Waals surface area contributed by atoms with Crippen LogP contribution in [0, 0.1) is 6.26 Å². The summed E-state index contributed by atoms with van der Waals surface area (Å²) in [6, 6.07) is 21.0. The van der Waals surface area contributed by atoms with Crippen molar-refractivity contribution in [1.29, 1.82) is 0 Å². The number of hydrogen-bond acceptors (Lipinski definition) is 1. The van der Waals surface area contributed by atoms with Gasteiger partial charge >= 0.3 is 0 Å². The van der Waals surface area contributed by atoms with Gasteiger partial charge in [0, 0.05) is 38.0 Å². The van der Waals surface area contributed by atoms with Crippen LogP contribution in [0.15, 0.2) is 60.7 Å². The first kappa shape index (κ1) is 14.0. The van der Waals surface area contributed by atoms with Gasteiger partial charge in [-0.1, -0.05) is 60.7 Å². The summed E-state index contributed by atoms with van der Waals surface area (Å²) in [4.78, 5) is 0. The molecule has 16 heavy (non-hydrogen) atoms. The second-order valence-electron chi connectivity index (χ2n) is 3.37. The Kier molecular flexibility index (Phi) is 6.34. The molecule has 0 saturated carbocycles. The van der Waals surface area contributed by atoms with Gasteiger partial charge in [-0.15, -0.1) is 0 Å². The predicted octanol–water partition coefficient (Wildman–Crippen LogP) is 4.30. The van der Waals surface area contributed by atoms with Gasteiger partial charge in [-0.25, -0.2) is 0 Å². The summed E-state index contributed by atoms with van der Waals surface area (Å²) >= 11 is 1.63. The molecule has 0 fully saturated rings. The summed E-state index contributed by atoms with van der Waals surface area (Å²) in [6.07, 6.45) is 3.96. The molecule has 2 rings (SSSR count). The minimum Gasteiger partial charge on any atom is -0.342 e. The van der Waals surface area contributed by atoms with Gasteiger partial charge in [0.1, 0.15) is 0 Å². The third-order valence-electron chi connectivity index (χ3n) is 2.37. The molecular weight excluding hydrogens is 289 g/mol. The minimum atomic E-state index is 0. The molecule has 0 spiro atoms. The Bertz CT molecular complexity index is 360. The maximum Gasteiger partial charge on any atom is 0.0249 e. The zero-order valence-corrected chi connectivity index (χ0v) is 12.7. The molecular formula is C14H13SY-. The molecule has 0 amide bonds. The van der Waals surface area contributed by atoms with Gasteiger partial charge in [0.15, 0.2) is 0 Å². The van der Waals surface area contributed by atoms with Gasteiger partial charge < -0.3 is 11.8 Å². The first-order valence-corrected chi connectivity index (χ1v) is 5.97. The molecule has 2 aromatic rings. The van der Waals surface area contributed by atoms with E-state index in [1.165, 1.54) is 11.1 Å². The van der Waals surface area contributed by atoms with E-state index in [-0.39, 0.29) is 32.7 Å². The summed E-state index contributed by atoms with van der Waals surface area (Å²) in [7, 11) is 0. The van der Waals surface area contributed by atoms with Crippen LogP contribution in [0.25, 0.3) is 0 Å². The van der Waals surface area contributed by atoms with Crippen molar-refractivity contribution in [3.05, 3.63) is 78.0 Å². The molecule has 0 saturated heterocycles. The Hall–Kier alpha value is -0.106. The summed E-state index contributed by atoms with van der Waals surface area (Å²) in [6.45, 7) is 0. The maximum atomic E-state index is 3.96. The molecule has 0 aromatic heterocycles. The third kappa shape index (κ3) is 3.45. The van der Waals surface area contributed by atoms with E-state index < -0.39 is 0 Å². The number of hydrogen-bond donors (Lipinski definition) is 0. The Morgan fingerprint density at radius 2 is 1.12 bits per heavy atom. The van der Waals surface area contributed by atoms with Crippen LogP contribution in [0.5, 0.6) is 0 Å². The van der Waals surface area contributed by atoms with Crippen LogP contribution in [0.4, 0.5) is 0 Å². The topological polar surface area (TPSA) is 0 Å². The molecule has 1 radical (unpaired) electrons. The molecule has 79 valence electrons. The Morgan fingerprint density at radius 3 is 1.44 bits per heavy atom. The zero-order valence-electron chi connectivity index (χ0n) is 9.04. The second-order valence-corrected chi connectivity index (χ2v) is 4.17. The molecule has 0 aliphatic heterocycles. The average Bonchev–Trinajstić information content (AvgIpc) is 2.33. The Labute approximate surface area is 127 Å². The van der Waals surface area contributed by atoms with E-state index in [4.69, 9.17) is 0 Å². The van der Waals surface area contributed by atoms with Gasteiger partial charge in [0.25, 0.3) is 0 Å². The predicted molar refractivity (Wildman–Crippen MR) is 67.7 cm³/mol. The quantitative estimate of drug-likeness (QED) is 0.762. The molecule has 0 N–H and O–H groups in total. The molecule has 2 heteroatoms. The molecule has 0 unspecified atom stereocenters. The van der Waals surface area contributed by atoms with Gasteiger partial charge in [0.05, 0.1) is 0 Å². The Balaban J connectivity index is 0.00000128. The van der Waals surface area contributed by atoms with Gasteiger partial charge in [-0.2, -0.15) is 0 Å². The fourth-order valence-electron chi connectivity index (χ4n) is 1.64. The SMILES string of the molecule is [CH2-]SC(c1ccccc1)c1ccccc1.[Y]. The maximum absolute atomic E-state index is 3.96. The van der Waals surface area contributed by atoms with E-state index in [1.807, 2.05) is 12.1 Å². The first-order chi connectivity index (χ1) is 7.42. The zero-order chi connectivity index (χ0) is 10.5. The second kappa shape index (κ2) is 7.26. The number of benzene rings is 2. The van der Waals surface area contributed by atoms with Crippen LogP contribution < -0.4 is 0 Å². The van der Waals surface area contributed by atoms with Crippen molar-refractivity contribution in [3.63, 3.8) is 0 Å². The van der Waals surface area contributed by atoms with Gasteiger partial charge in [-0.05, 0) is 11.1 Å². The molecule has 0 heterocycles. The van der Waals surface area contributed by atoms with Crippen molar-refractivity contribution in [2.24, 2.45) is 0 Å². The number of thioether (sulfide) groups is 1. The molecule has 2 aromatic carbocycles. The molecule has 0 nitrogen and oxygen atoms in total. The van der Waals surface area contributed by atoms with E-state index in [1.54, 1.807) is 11.8 Å². The summed E-state index contributed by atoms with van der Waals surface area (Å²) < 4.78 is 0. The van der Waals surface area contributed by atoms with Crippen molar-refractivity contribution in [2.75, 3.05) is 0 Å². The number of rotatable bonds is 3. The monoisotopic (exact) mass is 302 g/mol. The van der Waals surface area contributed by atoms with Crippen molar-refractivity contribution in [1.82, 2.24) is 0 Å². The van der Waals surface area contributed by atoms with Crippen LogP contribution in [0.3, 0.4) is 0 Å². The Morgan fingerprint density at radius 1 is 0.750 bits per heavy atom. The smallest absolute Gasteiger partial charge is 0.0249 e. The van der Waals surface area contributed by atoms with Crippen LogP contribution in [0.1, 0.15) is 16.4 Å². The van der Waals surface area contributed by atoms with E-state index in [0.29, 0.717) is 5.25 Å². The van der Waals surface area contributed by atoms with E-state index in [9.17, 15) is 0 Å². The van der Waals surface area contributed by atoms with E-state index in [2.05, 4.69) is 54.8 Å². The summed E-state index contributed by atoms with van der Waals surface area (Å²) in [5.74, 6) is 0. The largest absolute Gasteiger partial charge is 0.342 e. The van der Waals surface area contributed by atoms with Crippen molar-refractivity contribution >= 4 is 11.8 Å². The third-order valence-corrected chi connectivity index (χ3v) is 3.25. The first-order valence-electron chi connectivity index (χ1n) is 4.92. The fourth-order valence-corrected chi connectivity index (χ4v) is 2.34. The van der Waals surface area contributed by atoms with Gasteiger partial charge in [0.2, 0.25) is 0 Å². The van der Waals surface area contributed by atoms with Gasteiger partial charge in [-0.3, -0.25) is 6.26 Å².